The Morgan fingerprint density at radius 3 is 2.52 bits per heavy atom. The third kappa shape index (κ3) is 4.57. The molecule has 1 saturated heterocycles. The van der Waals surface area contributed by atoms with Crippen LogP contribution in [0.3, 0.4) is 0 Å². The van der Waals surface area contributed by atoms with E-state index in [-0.39, 0.29) is 16.5 Å². The predicted molar refractivity (Wildman–Crippen MR) is 97.1 cm³/mol. The molecule has 27 heavy (non-hydrogen) atoms. The van der Waals surface area contributed by atoms with Gasteiger partial charge in [-0.1, -0.05) is 0 Å². The molecule has 4 N–H and O–H groups in total. The van der Waals surface area contributed by atoms with Crippen molar-refractivity contribution in [3.05, 3.63) is 23.8 Å². The van der Waals surface area contributed by atoms with Crippen LogP contribution in [0, 0.1) is 5.92 Å². The molecular weight excluding hydrogens is 374 g/mol. The number of rotatable bonds is 5. The molecule has 2 aliphatic rings. The SMILES string of the molecule is NS(=O)(=O)c1ccc(N2CCOCC2)c(C(=O)N[C@H]2CC[C@@H](C(=O)O)C2)c1. The highest BCUT2D eigenvalue weighted by atomic mass is 32.2. The van der Waals surface area contributed by atoms with Crippen LogP contribution in [0.15, 0.2) is 23.1 Å². The van der Waals surface area contributed by atoms with E-state index >= 15 is 0 Å². The van der Waals surface area contributed by atoms with E-state index in [0.717, 1.165) is 0 Å². The molecule has 1 aliphatic carbocycles. The average Bonchev–Trinajstić information content (AvgIpc) is 3.10. The zero-order chi connectivity index (χ0) is 19.6. The van der Waals surface area contributed by atoms with Crippen LogP contribution in [0.4, 0.5) is 5.69 Å². The normalized spacial score (nSPS) is 23.2. The predicted octanol–water partition coefficient (Wildman–Crippen LogP) is 0.154. The summed E-state index contributed by atoms with van der Waals surface area (Å²) in [6.45, 7) is 2.20. The van der Waals surface area contributed by atoms with Crippen LogP contribution < -0.4 is 15.4 Å². The number of nitrogens with two attached hydrogens (primary N) is 1. The van der Waals surface area contributed by atoms with Crippen molar-refractivity contribution in [2.24, 2.45) is 11.1 Å². The number of nitrogens with zero attached hydrogens (tertiary/aromatic N) is 1. The van der Waals surface area contributed by atoms with Crippen LogP contribution in [0.5, 0.6) is 0 Å². The van der Waals surface area contributed by atoms with Crippen molar-refractivity contribution < 1.29 is 27.9 Å². The van der Waals surface area contributed by atoms with Gasteiger partial charge >= 0.3 is 5.97 Å². The monoisotopic (exact) mass is 397 g/mol. The zero-order valence-corrected chi connectivity index (χ0v) is 15.6. The van der Waals surface area contributed by atoms with Gasteiger partial charge in [-0.25, -0.2) is 13.6 Å². The number of hydrogen-bond donors (Lipinski definition) is 3. The largest absolute Gasteiger partial charge is 0.481 e. The Hall–Kier alpha value is -2.17. The van der Waals surface area contributed by atoms with Crippen LogP contribution in [0.2, 0.25) is 0 Å². The lowest BCUT2D eigenvalue weighted by molar-refractivity contribution is -0.141. The zero-order valence-electron chi connectivity index (χ0n) is 14.8. The number of amides is 1. The van der Waals surface area contributed by atoms with E-state index in [1.165, 1.54) is 12.1 Å². The number of aliphatic carboxylic acids is 1. The van der Waals surface area contributed by atoms with Gasteiger partial charge in [0.2, 0.25) is 10.0 Å². The molecule has 0 bridgehead atoms. The Bertz CT molecular complexity index is 835. The van der Waals surface area contributed by atoms with Crippen LogP contribution >= 0.6 is 0 Å². The van der Waals surface area contributed by atoms with E-state index in [2.05, 4.69) is 5.32 Å². The molecule has 1 aliphatic heterocycles. The van der Waals surface area contributed by atoms with E-state index in [1.54, 1.807) is 6.07 Å². The van der Waals surface area contributed by atoms with E-state index < -0.39 is 27.8 Å². The summed E-state index contributed by atoms with van der Waals surface area (Å²) >= 11 is 0. The number of benzene rings is 1. The van der Waals surface area contributed by atoms with Gasteiger partial charge < -0.3 is 20.1 Å². The van der Waals surface area contributed by atoms with E-state index in [1.807, 2.05) is 4.90 Å². The minimum atomic E-state index is -3.95. The summed E-state index contributed by atoms with van der Waals surface area (Å²) < 4.78 is 28.7. The van der Waals surface area contributed by atoms with Crippen molar-refractivity contribution in [3.63, 3.8) is 0 Å². The number of hydrogen-bond acceptors (Lipinski definition) is 6. The summed E-state index contributed by atoms with van der Waals surface area (Å²) in [6.07, 6.45) is 1.45. The molecule has 10 heteroatoms. The van der Waals surface area contributed by atoms with Crippen LogP contribution in [-0.2, 0) is 19.6 Å². The molecule has 148 valence electrons. The number of carboxylic acid groups (broad SMARTS) is 1. The van der Waals surface area contributed by atoms with E-state index in [0.29, 0.717) is 51.3 Å². The molecule has 0 spiro atoms. The molecule has 1 heterocycles. The summed E-state index contributed by atoms with van der Waals surface area (Å²) in [5, 5.41) is 17.2. The van der Waals surface area contributed by atoms with Crippen LogP contribution in [0.25, 0.3) is 0 Å². The number of carbonyl (C=O) groups excluding carboxylic acids is 1. The third-order valence-electron chi connectivity index (χ3n) is 5.01. The summed E-state index contributed by atoms with van der Waals surface area (Å²) in [7, 11) is -3.95. The molecule has 1 saturated carbocycles. The first-order valence-corrected chi connectivity index (χ1v) is 10.3. The van der Waals surface area contributed by atoms with Crippen molar-refractivity contribution >= 4 is 27.6 Å². The minimum absolute atomic E-state index is 0.139. The number of carboxylic acids is 1. The quantitative estimate of drug-likeness (QED) is 0.643. The Balaban J connectivity index is 1.86. The average molecular weight is 397 g/mol. The Kier molecular flexibility index (Phi) is 5.68. The van der Waals surface area contributed by atoms with Crippen molar-refractivity contribution in [1.82, 2.24) is 5.32 Å². The fourth-order valence-corrected chi connectivity index (χ4v) is 4.09. The van der Waals surface area contributed by atoms with E-state index in [9.17, 15) is 18.0 Å². The van der Waals surface area contributed by atoms with Crippen LogP contribution in [-0.4, -0.2) is 57.7 Å². The number of primary sulfonamides is 1. The highest BCUT2D eigenvalue weighted by Gasteiger charge is 2.31. The number of carbonyl (C=O) groups is 2. The van der Waals surface area contributed by atoms with Crippen molar-refractivity contribution in [3.8, 4) is 0 Å². The van der Waals surface area contributed by atoms with Gasteiger partial charge in [-0.15, -0.1) is 0 Å². The van der Waals surface area contributed by atoms with Gasteiger partial charge in [0.05, 0.1) is 29.6 Å². The molecule has 9 nitrogen and oxygen atoms in total. The van der Waals surface area contributed by atoms with Gasteiger partial charge in [0.15, 0.2) is 0 Å². The Morgan fingerprint density at radius 1 is 1.22 bits per heavy atom. The Morgan fingerprint density at radius 2 is 1.93 bits per heavy atom. The van der Waals surface area contributed by atoms with Crippen LogP contribution in [0.1, 0.15) is 29.6 Å². The van der Waals surface area contributed by atoms with E-state index in [4.69, 9.17) is 15.0 Å². The molecular formula is C17H23N3O6S. The Labute approximate surface area is 157 Å². The molecule has 1 aromatic rings. The second-order valence-corrected chi connectivity index (χ2v) is 8.40. The number of nitrogens with one attached hydrogen (secondary N) is 1. The molecule has 0 unspecified atom stereocenters. The number of anilines is 1. The topological polar surface area (TPSA) is 139 Å². The lowest BCUT2D eigenvalue weighted by atomic mass is 10.1. The minimum Gasteiger partial charge on any atom is -0.481 e. The van der Waals surface area contributed by atoms with Gasteiger partial charge in [-0.05, 0) is 37.5 Å². The maximum atomic E-state index is 12.9. The summed E-state index contributed by atoms with van der Waals surface area (Å²) in [5.41, 5.74) is 0.818. The molecule has 1 amide bonds. The van der Waals surface area contributed by atoms with Gasteiger partial charge in [0.25, 0.3) is 5.91 Å². The summed E-state index contributed by atoms with van der Waals surface area (Å²) in [6, 6.07) is 3.98. The highest BCUT2D eigenvalue weighted by molar-refractivity contribution is 7.89. The standard InChI is InChI=1S/C17H23N3O6S/c18-27(24,25)13-3-4-15(20-5-7-26-8-6-20)14(10-13)16(21)19-12-2-1-11(9-12)17(22)23/h3-4,10-12H,1-2,5-9H2,(H,19,21)(H,22,23)(H2,18,24,25)/t11-,12+/m1/s1. The lowest BCUT2D eigenvalue weighted by Gasteiger charge is -2.30. The van der Waals surface area contributed by atoms with Crippen molar-refractivity contribution in [2.75, 3.05) is 31.2 Å². The number of sulfonamides is 1. The second-order valence-electron chi connectivity index (χ2n) is 6.84. The smallest absolute Gasteiger partial charge is 0.306 e. The molecule has 1 aromatic carbocycles. The first kappa shape index (κ1) is 19.6. The van der Waals surface area contributed by atoms with Gasteiger partial charge in [-0.2, -0.15) is 0 Å². The summed E-state index contributed by atoms with van der Waals surface area (Å²) in [4.78, 5) is 25.8. The maximum Gasteiger partial charge on any atom is 0.306 e. The molecule has 0 radical (unpaired) electrons. The fourth-order valence-electron chi connectivity index (χ4n) is 3.55. The van der Waals surface area contributed by atoms with Crippen molar-refractivity contribution in [1.29, 1.82) is 0 Å². The first-order chi connectivity index (χ1) is 12.8. The number of ether oxygens (including phenoxy) is 1. The number of morpholine rings is 1. The third-order valence-corrected chi connectivity index (χ3v) is 5.92. The van der Waals surface area contributed by atoms with Crippen molar-refractivity contribution in [2.45, 2.75) is 30.2 Å². The van der Waals surface area contributed by atoms with Gasteiger partial charge in [-0.3, -0.25) is 9.59 Å². The fraction of sp³-hybridized carbons (Fsp3) is 0.529. The maximum absolute atomic E-state index is 12.9. The highest BCUT2D eigenvalue weighted by Crippen LogP contribution is 2.28. The molecule has 2 atom stereocenters. The summed E-state index contributed by atoms with van der Waals surface area (Å²) in [5.74, 6) is -1.76. The van der Waals surface area contributed by atoms with Gasteiger partial charge in [0.1, 0.15) is 0 Å². The van der Waals surface area contributed by atoms with Gasteiger partial charge in [0, 0.05) is 24.8 Å². The lowest BCUT2D eigenvalue weighted by Crippen LogP contribution is -2.39. The molecule has 0 aromatic heterocycles. The molecule has 2 fully saturated rings. The second kappa shape index (κ2) is 7.83. The first-order valence-electron chi connectivity index (χ1n) is 8.79. The molecule has 3 rings (SSSR count).